The highest BCUT2D eigenvalue weighted by molar-refractivity contribution is 6.04. The van der Waals surface area contributed by atoms with Crippen molar-refractivity contribution < 1.29 is 23.9 Å². The Bertz CT molecular complexity index is 1010. The maximum atomic E-state index is 12.7. The fourth-order valence-electron chi connectivity index (χ4n) is 3.57. The molecule has 9 nitrogen and oxygen atoms in total. The number of hydrogen-bond acceptors (Lipinski definition) is 6. The molecule has 1 unspecified atom stereocenters. The van der Waals surface area contributed by atoms with Crippen LogP contribution in [0.15, 0.2) is 54.6 Å². The zero-order valence-electron chi connectivity index (χ0n) is 19.2. The van der Waals surface area contributed by atoms with Gasteiger partial charge in [0.1, 0.15) is 6.04 Å². The second kappa shape index (κ2) is 12.5. The molecule has 1 saturated heterocycles. The van der Waals surface area contributed by atoms with Crippen LogP contribution in [-0.4, -0.2) is 60.9 Å². The lowest BCUT2D eigenvalue weighted by Crippen LogP contribution is -2.57. The van der Waals surface area contributed by atoms with E-state index in [4.69, 9.17) is 4.74 Å². The van der Waals surface area contributed by atoms with E-state index in [0.29, 0.717) is 36.6 Å². The van der Waals surface area contributed by atoms with Crippen LogP contribution in [0.3, 0.4) is 0 Å². The molecular weight excluding hydrogens is 436 g/mol. The molecule has 1 atom stereocenters. The average Bonchev–Trinajstić information content (AvgIpc) is 2.82. The van der Waals surface area contributed by atoms with Gasteiger partial charge in [-0.05, 0) is 36.8 Å². The standard InChI is InChI=1S/C25H30N4O5/c1-2-3-14-34-23(31)16-21-25(33)26-12-13-29(21)17-22(30)27-19-10-7-11-20(15-19)28-24(32)18-8-5-4-6-9-18/h4-11,15,21H,2-3,12-14,16-17H2,1H3,(H,26,33)(H,27,30)(H,28,32). The second-order valence-corrected chi connectivity index (χ2v) is 8.00. The SMILES string of the molecule is CCCCOC(=O)CC1C(=O)NCCN1CC(=O)Nc1cccc(NC(=O)c2ccccc2)c1. The molecule has 0 aliphatic carbocycles. The average molecular weight is 467 g/mol. The highest BCUT2D eigenvalue weighted by Gasteiger charge is 2.33. The monoisotopic (exact) mass is 466 g/mol. The van der Waals surface area contributed by atoms with Crippen LogP contribution in [0.1, 0.15) is 36.5 Å². The van der Waals surface area contributed by atoms with Crippen LogP contribution in [0.5, 0.6) is 0 Å². The van der Waals surface area contributed by atoms with Crippen molar-refractivity contribution in [1.82, 2.24) is 10.2 Å². The molecule has 1 aliphatic rings. The van der Waals surface area contributed by atoms with Crippen molar-refractivity contribution in [2.45, 2.75) is 32.2 Å². The summed E-state index contributed by atoms with van der Waals surface area (Å²) in [5.74, 6) is -1.33. The Morgan fingerprint density at radius 2 is 1.79 bits per heavy atom. The molecule has 180 valence electrons. The van der Waals surface area contributed by atoms with Crippen molar-refractivity contribution in [2.75, 3.05) is 36.9 Å². The van der Waals surface area contributed by atoms with Gasteiger partial charge in [0.15, 0.2) is 0 Å². The van der Waals surface area contributed by atoms with Crippen molar-refractivity contribution in [3.8, 4) is 0 Å². The number of ether oxygens (including phenoxy) is 1. The highest BCUT2D eigenvalue weighted by atomic mass is 16.5. The maximum absolute atomic E-state index is 12.7. The minimum Gasteiger partial charge on any atom is -0.466 e. The van der Waals surface area contributed by atoms with E-state index in [9.17, 15) is 19.2 Å². The number of unbranched alkanes of at least 4 members (excludes halogenated alkanes) is 1. The molecule has 0 bridgehead atoms. The zero-order valence-corrected chi connectivity index (χ0v) is 19.2. The normalized spacial score (nSPS) is 15.8. The van der Waals surface area contributed by atoms with E-state index in [2.05, 4.69) is 16.0 Å². The van der Waals surface area contributed by atoms with E-state index < -0.39 is 12.0 Å². The third kappa shape index (κ3) is 7.41. The van der Waals surface area contributed by atoms with Crippen molar-refractivity contribution in [1.29, 1.82) is 0 Å². The third-order valence-electron chi connectivity index (χ3n) is 5.35. The first-order valence-corrected chi connectivity index (χ1v) is 11.4. The molecule has 0 saturated carbocycles. The van der Waals surface area contributed by atoms with Crippen LogP contribution < -0.4 is 16.0 Å². The minimum atomic E-state index is -0.759. The van der Waals surface area contributed by atoms with Crippen molar-refractivity contribution >= 4 is 35.1 Å². The molecule has 3 N–H and O–H groups in total. The van der Waals surface area contributed by atoms with E-state index in [1.54, 1.807) is 53.4 Å². The Labute approximate surface area is 198 Å². The summed E-state index contributed by atoms with van der Waals surface area (Å²) in [6.45, 7) is 3.10. The van der Waals surface area contributed by atoms with E-state index in [0.717, 1.165) is 12.8 Å². The first-order chi connectivity index (χ1) is 16.5. The van der Waals surface area contributed by atoms with Gasteiger partial charge in [0.25, 0.3) is 5.91 Å². The summed E-state index contributed by atoms with van der Waals surface area (Å²) >= 11 is 0. The summed E-state index contributed by atoms with van der Waals surface area (Å²) in [7, 11) is 0. The summed E-state index contributed by atoms with van der Waals surface area (Å²) in [5.41, 5.74) is 1.57. The summed E-state index contributed by atoms with van der Waals surface area (Å²) in [4.78, 5) is 51.2. The largest absolute Gasteiger partial charge is 0.466 e. The summed E-state index contributed by atoms with van der Waals surface area (Å²) in [6.07, 6.45) is 1.56. The smallest absolute Gasteiger partial charge is 0.307 e. The number of amides is 3. The Hall–Kier alpha value is -3.72. The number of benzene rings is 2. The Kier molecular flexibility index (Phi) is 9.16. The molecule has 2 aromatic carbocycles. The van der Waals surface area contributed by atoms with Gasteiger partial charge in [-0.3, -0.25) is 24.1 Å². The van der Waals surface area contributed by atoms with Gasteiger partial charge in [-0.25, -0.2) is 0 Å². The van der Waals surface area contributed by atoms with Crippen LogP contribution in [0.25, 0.3) is 0 Å². The van der Waals surface area contributed by atoms with Gasteiger partial charge in [-0.15, -0.1) is 0 Å². The molecule has 34 heavy (non-hydrogen) atoms. The van der Waals surface area contributed by atoms with Gasteiger partial charge in [0.2, 0.25) is 11.8 Å². The molecule has 1 aliphatic heterocycles. The molecule has 0 radical (unpaired) electrons. The lowest BCUT2D eigenvalue weighted by Gasteiger charge is -2.33. The number of nitrogens with zero attached hydrogens (tertiary/aromatic N) is 1. The Morgan fingerprint density at radius 3 is 2.53 bits per heavy atom. The molecule has 1 fully saturated rings. The highest BCUT2D eigenvalue weighted by Crippen LogP contribution is 2.17. The predicted octanol–water partition coefficient (Wildman–Crippen LogP) is 2.41. The van der Waals surface area contributed by atoms with Gasteiger partial charge in [0.05, 0.1) is 19.6 Å². The van der Waals surface area contributed by atoms with Gasteiger partial charge >= 0.3 is 5.97 Å². The van der Waals surface area contributed by atoms with E-state index >= 15 is 0 Å². The molecular formula is C25H30N4O5. The Morgan fingerprint density at radius 1 is 1.06 bits per heavy atom. The molecule has 9 heteroatoms. The van der Waals surface area contributed by atoms with Crippen LogP contribution in [0, 0.1) is 0 Å². The first kappa shape index (κ1) is 24.9. The fourth-order valence-corrected chi connectivity index (χ4v) is 3.57. The fraction of sp³-hybridized carbons (Fsp3) is 0.360. The summed E-state index contributed by atoms with van der Waals surface area (Å²) in [5, 5.41) is 8.33. The number of esters is 1. The number of hydrogen-bond donors (Lipinski definition) is 3. The van der Waals surface area contributed by atoms with Crippen LogP contribution in [0.2, 0.25) is 0 Å². The lowest BCUT2D eigenvalue weighted by molar-refractivity contribution is -0.149. The molecule has 2 aromatic rings. The number of piperazine rings is 1. The van der Waals surface area contributed by atoms with Crippen LogP contribution in [-0.2, 0) is 19.1 Å². The number of anilines is 2. The number of carbonyl (C=O) groups is 4. The zero-order chi connectivity index (χ0) is 24.3. The van der Waals surface area contributed by atoms with E-state index in [1.807, 2.05) is 13.0 Å². The predicted molar refractivity (Wildman–Crippen MR) is 128 cm³/mol. The van der Waals surface area contributed by atoms with Crippen LogP contribution in [0.4, 0.5) is 11.4 Å². The van der Waals surface area contributed by atoms with Gasteiger partial charge in [-0.2, -0.15) is 0 Å². The van der Waals surface area contributed by atoms with Crippen molar-refractivity contribution in [2.24, 2.45) is 0 Å². The molecule has 0 aromatic heterocycles. The second-order valence-electron chi connectivity index (χ2n) is 8.00. The number of carbonyl (C=O) groups excluding carboxylic acids is 4. The molecule has 3 rings (SSSR count). The van der Waals surface area contributed by atoms with Gasteiger partial charge < -0.3 is 20.7 Å². The summed E-state index contributed by atoms with van der Waals surface area (Å²) < 4.78 is 5.18. The van der Waals surface area contributed by atoms with E-state index in [1.165, 1.54) is 0 Å². The number of nitrogens with one attached hydrogen (secondary N) is 3. The van der Waals surface area contributed by atoms with Crippen LogP contribution >= 0.6 is 0 Å². The maximum Gasteiger partial charge on any atom is 0.307 e. The lowest BCUT2D eigenvalue weighted by atomic mass is 10.1. The minimum absolute atomic E-state index is 0.0546. The quantitative estimate of drug-likeness (QED) is 0.366. The third-order valence-corrected chi connectivity index (χ3v) is 5.35. The van der Waals surface area contributed by atoms with Crippen molar-refractivity contribution in [3.05, 3.63) is 60.2 Å². The molecule has 1 heterocycles. The van der Waals surface area contributed by atoms with Gasteiger partial charge in [-0.1, -0.05) is 37.6 Å². The van der Waals surface area contributed by atoms with Gasteiger partial charge in [0, 0.05) is 30.0 Å². The summed E-state index contributed by atoms with van der Waals surface area (Å²) in [6, 6.07) is 14.9. The molecule has 0 spiro atoms. The van der Waals surface area contributed by atoms with Crippen molar-refractivity contribution in [3.63, 3.8) is 0 Å². The number of rotatable bonds is 10. The first-order valence-electron chi connectivity index (χ1n) is 11.4. The Balaban J connectivity index is 1.57. The topological polar surface area (TPSA) is 117 Å². The molecule has 3 amide bonds. The van der Waals surface area contributed by atoms with E-state index in [-0.39, 0.29) is 30.7 Å².